The van der Waals surface area contributed by atoms with Gasteiger partial charge in [-0.1, -0.05) is 285 Å². The maximum Gasteiger partial charge on any atom is 0.225 e. The molecule has 0 fully saturated rings. The van der Waals surface area contributed by atoms with E-state index in [1.54, 1.807) is 85.6 Å². The van der Waals surface area contributed by atoms with Crippen LogP contribution in [0.3, 0.4) is 0 Å². The summed E-state index contributed by atoms with van der Waals surface area (Å²) in [6, 6.07) is 149. The number of fused-ring (bicyclic) bond motifs is 4. The molecule has 8 heterocycles. The largest absolute Gasteiger partial charge is 0.507 e. The maximum atomic E-state index is 10.6. The van der Waals surface area contributed by atoms with Crippen LogP contribution < -0.4 is 18.9 Å². The number of pyridine rings is 4. The summed E-state index contributed by atoms with van der Waals surface area (Å²) in [4.78, 5) is 56.1. The fourth-order valence-corrected chi connectivity index (χ4v) is 16.2. The topological polar surface area (TPSA) is 273 Å². The van der Waals surface area contributed by atoms with Gasteiger partial charge in [0.25, 0.3) is 0 Å². The average molecular weight is 2650 g/mol. The van der Waals surface area contributed by atoms with Crippen LogP contribution in [-0.4, -0.2) is 80.2 Å². The minimum Gasteiger partial charge on any atom is -0.507 e. The van der Waals surface area contributed by atoms with Gasteiger partial charge in [-0.3, -0.25) is 34.9 Å². The first kappa shape index (κ1) is 102. The maximum absolute atomic E-state index is 10.6. The van der Waals surface area contributed by atoms with Gasteiger partial charge in [0.1, 0.15) is 23.0 Å². The van der Waals surface area contributed by atoms with Gasteiger partial charge in [0.05, 0.1) is 57.1 Å². The summed E-state index contributed by atoms with van der Waals surface area (Å²) in [6.45, 7) is 0. The second-order valence-corrected chi connectivity index (χ2v) is 32.9. The summed E-state index contributed by atoms with van der Waals surface area (Å²) < 4.78 is 24.3. The Morgan fingerprint density at radius 3 is 0.939 bits per heavy atom. The second kappa shape index (κ2) is 48.3. The molecule has 16 aromatic carbocycles. The third-order valence-corrected chi connectivity index (χ3v) is 23.3. The molecular weight excluding hydrogens is 2570 g/mol. The van der Waals surface area contributed by atoms with Crippen molar-refractivity contribution in [2.24, 2.45) is 0 Å². The van der Waals surface area contributed by atoms with Crippen molar-refractivity contribution in [2.75, 3.05) is 0 Å². The molecule has 24 aromatic rings. The average Bonchev–Trinajstić information content (AvgIpc) is 0.778. The molecule has 0 spiro atoms. The quantitative estimate of drug-likeness (QED) is 0.0516. The Morgan fingerprint density at radius 2 is 0.514 bits per heavy atom. The van der Waals surface area contributed by atoms with Crippen LogP contribution in [0.1, 0.15) is 0 Å². The van der Waals surface area contributed by atoms with Gasteiger partial charge in [0.15, 0.2) is 5.82 Å². The third kappa shape index (κ3) is 24.3. The summed E-state index contributed by atoms with van der Waals surface area (Å²) in [5.74, 6) is 6.03. The van der Waals surface area contributed by atoms with Crippen LogP contribution in [0.2, 0.25) is 0 Å². The zero-order chi connectivity index (χ0) is 97.3. The van der Waals surface area contributed by atoms with Crippen molar-refractivity contribution in [3.8, 4) is 205 Å². The fraction of sp³-hybridized carbons (Fsp3) is 0. The van der Waals surface area contributed by atoms with Crippen molar-refractivity contribution >= 4 is 43.1 Å². The number of nitrogens with zero attached hydrogens (tertiary/aromatic N) is 12. The van der Waals surface area contributed by atoms with E-state index in [0.29, 0.717) is 132 Å². The van der Waals surface area contributed by atoms with Crippen LogP contribution in [-0.2, 0) is 84.3 Å². The van der Waals surface area contributed by atoms with E-state index in [9.17, 15) is 20.4 Å². The number of rotatable bonds is 20. The molecule has 24 rings (SSSR count). The predicted octanol–water partition coefficient (Wildman–Crippen LogP) is 29.3. The Kier molecular flexibility index (Phi) is 33.4. The number of hydrogen-bond donors (Lipinski definition) is 4. The van der Waals surface area contributed by atoms with Crippen LogP contribution in [0.25, 0.3) is 179 Å². The van der Waals surface area contributed by atoms with Gasteiger partial charge in [-0.2, -0.15) is 0 Å². The first-order valence-electron chi connectivity index (χ1n) is 46.1. The van der Waals surface area contributed by atoms with E-state index in [2.05, 4.69) is 44.2 Å². The predicted molar refractivity (Wildman–Crippen MR) is 563 cm³/mol. The summed E-state index contributed by atoms with van der Waals surface area (Å²) in [5.41, 5.74) is 15.0. The molecule has 24 heteroatoms. The molecule has 728 valence electrons. The van der Waals surface area contributed by atoms with Crippen molar-refractivity contribution in [1.82, 2.24) is 59.8 Å². The van der Waals surface area contributed by atoms with Crippen molar-refractivity contribution in [1.29, 1.82) is 0 Å². The number of benzene rings is 16. The SMILES string of the molecule is Oc1ccccc1-c1cc(-c2ccccc2)nc(-c2[c-]c(Oc3cc4ccccc4cn3)ccc2)n1.Oc1ccccc1-c1cc(-c2ccccc2)nc(-c2[c-]c(Oc3nccc4ccccc34)ccc2)n1.Oc1ccccc1-c1nc(-c2[c-]c(Oc3cc4ccccc4cn3)ccc2)cc(-c2ccccc2)n1.Oc1ccccc1-c1nc(-c2[c-]c(Oc3nccc4ccccc34)ccc2)cnc1-c1ccccc1.[Pt].[Pt].[Pt].[Pt]. The minimum absolute atomic E-state index is 0. The van der Waals surface area contributed by atoms with E-state index < -0.39 is 0 Å². The monoisotopic (exact) mass is 2640 g/mol. The van der Waals surface area contributed by atoms with Crippen molar-refractivity contribution in [3.05, 3.63) is 486 Å². The van der Waals surface area contributed by atoms with E-state index in [0.717, 1.165) is 93.6 Å². The van der Waals surface area contributed by atoms with Gasteiger partial charge >= 0.3 is 0 Å². The Labute approximate surface area is 909 Å². The second-order valence-electron chi connectivity index (χ2n) is 32.9. The number of aromatic nitrogens is 12. The summed E-state index contributed by atoms with van der Waals surface area (Å²) in [7, 11) is 0. The van der Waals surface area contributed by atoms with Crippen molar-refractivity contribution in [2.45, 2.75) is 0 Å². The molecule has 0 unspecified atom stereocenters. The Morgan fingerprint density at radius 1 is 0.196 bits per heavy atom. The van der Waals surface area contributed by atoms with E-state index in [-0.39, 0.29) is 107 Å². The molecule has 0 radical (unpaired) electrons. The van der Waals surface area contributed by atoms with Crippen LogP contribution in [0.15, 0.2) is 462 Å². The fourth-order valence-electron chi connectivity index (χ4n) is 16.2. The van der Waals surface area contributed by atoms with Crippen molar-refractivity contribution < 1.29 is 124 Å². The van der Waals surface area contributed by atoms with Crippen LogP contribution in [0.4, 0.5) is 0 Å². The normalized spacial score (nSPS) is 10.6. The summed E-state index contributed by atoms with van der Waals surface area (Å²) in [5, 5.41) is 50.1. The first-order chi connectivity index (χ1) is 71.0. The molecular formula is C124H80N12O8Pt4-4. The number of phenolic OH excluding ortho intramolecular Hbond substituents is 4. The Hall–Kier alpha value is -17.4. The standard InChI is InChI=1S/4C31H20N3O2.4Pt/c35-28-16-7-6-15-26(28)30-29(22-10-2-1-3-11-22)33-20-27(34-30)23-12-8-13-24(19-23)36-31-25-14-5-4-9-21(25)17-18-32-31;35-29-16-7-6-15-26(29)28-20-27(22-10-2-1-3-11-22)33-30(34-28)23-12-8-13-24(19-23)36-31-25-14-5-4-9-21(25)17-18-32-31;35-29-16-7-6-15-26(29)28-19-27(21-9-2-1-3-10-21)33-31(34-28)23-13-8-14-25(17-23)36-30-18-22-11-4-5-12-24(22)20-32-30;35-29-16-7-6-15-26(29)31-33-27(21-9-2-1-3-10-21)19-28(34-31)23-13-8-14-25(17-23)36-30-18-22-11-4-5-12-24(22)20-32-30;;;;/h2*1-18,20,35H;2*1-16,18-20,35H;;;;/q4*-1;;;;. The molecule has 0 atom stereocenters. The first-order valence-corrected chi connectivity index (χ1v) is 46.1. The van der Waals surface area contributed by atoms with Crippen LogP contribution in [0, 0.1) is 24.3 Å². The number of ether oxygens (including phenoxy) is 4. The zero-order valence-electron chi connectivity index (χ0n) is 77.9. The van der Waals surface area contributed by atoms with E-state index in [1.807, 2.05) is 376 Å². The van der Waals surface area contributed by atoms with E-state index in [4.69, 9.17) is 58.8 Å². The smallest absolute Gasteiger partial charge is 0.225 e. The Balaban J connectivity index is 0.000000133. The molecule has 0 saturated carbocycles. The third-order valence-electron chi connectivity index (χ3n) is 23.3. The number of hydrogen-bond acceptors (Lipinski definition) is 20. The number of aromatic hydroxyl groups is 4. The van der Waals surface area contributed by atoms with Gasteiger partial charge in [-0.25, -0.2) is 24.9 Å². The van der Waals surface area contributed by atoms with Gasteiger partial charge in [0, 0.05) is 200 Å². The zero-order valence-corrected chi connectivity index (χ0v) is 87.0. The molecule has 0 aliphatic carbocycles. The molecule has 20 nitrogen and oxygen atoms in total. The van der Waals surface area contributed by atoms with Gasteiger partial charge in [-0.15, -0.1) is 95.1 Å². The van der Waals surface area contributed by atoms with Gasteiger partial charge < -0.3 is 39.4 Å². The molecule has 0 aliphatic heterocycles. The molecule has 0 aliphatic rings. The number of para-hydroxylation sites is 4. The number of phenols is 4. The van der Waals surface area contributed by atoms with Gasteiger partial charge in [0.2, 0.25) is 23.5 Å². The van der Waals surface area contributed by atoms with Crippen LogP contribution in [0.5, 0.6) is 69.5 Å². The summed E-state index contributed by atoms with van der Waals surface area (Å²) >= 11 is 0. The van der Waals surface area contributed by atoms with Gasteiger partial charge in [-0.05, 0) is 129 Å². The molecule has 4 N–H and O–H groups in total. The summed E-state index contributed by atoms with van der Waals surface area (Å²) in [6.07, 6.45) is 8.77. The minimum atomic E-state index is 0. The molecule has 0 bridgehead atoms. The molecule has 0 amide bonds. The van der Waals surface area contributed by atoms with Crippen LogP contribution >= 0.6 is 0 Å². The van der Waals surface area contributed by atoms with E-state index >= 15 is 0 Å². The molecule has 8 aromatic heterocycles. The Bertz CT molecular complexity index is 8510. The molecule has 148 heavy (non-hydrogen) atoms. The van der Waals surface area contributed by atoms with Crippen molar-refractivity contribution in [3.63, 3.8) is 0 Å². The molecule has 0 saturated heterocycles. The van der Waals surface area contributed by atoms with E-state index in [1.165, 1.54) is 0 Å².